The van der Waals surface area contributed by atoms with Gasteiger partial charge in [-0.2, -0.15) is 4.80 Å². The van der Waals surface area contributed by atoms with Crippen LogP contribution in [0.2, 0.25) is 0 Å². The molecule has 1 heterocycles. The van der Waals surface area contributed by atoms with Crippen molar-refractivity contribution in [1.29, 1.82) is 0 Å². The molecule has 2 amide bonds. The van der Waals surface area contributed by atoms with E-state index in [1.807, 2.05) is 0 Å². The van der Waals surface area contributed by atoms with Gasteiger partial charge < -0.3 is 19.7 Å². The molecule has 10 nitrogen and oxygen atoms in total. The lowest BCUT2D eigenvalue weighted by atomic mass is 9.90. The first-order valence-corrected chi connectivity index (χ1v) is 14.8. The van der Waals surface area contributed by atoms with E-state index in [0.717, 1.165) is 64.2 Å². The Bertz CT molecular complexity index is 1350. The molecule has 2 aliphatic rings. The maximum Gasteiger partial charge on any atom is 0.247 e. The van der Waals surface area contributed by atoms with Gasteiger partial charge in [-0.25, -0.2) is 4.39 Å². The van der Waals surface area contributed by atoms with Crippen molar-refractivity contribution in [2.75, 3.05) is 14.2 Å². The number of hydrogen-bond acceptors (Lipinski definition) is 7. The highest BCUT2D eigenvalue weighted by atomic mass is 19.1. The number of hydrogen-bond donors (Lipinski definition) is 1. The van der Waals surface area contributed by atoms with E-state index < -0.39 is 11.9 Å². The molecule has 2 aliphatic carbocycles. The number of aromatic nitrogens is 4. The highest BCUT2D eigenvalue weighted by Gasteiger charge is 2.38. The van der Waals surface area contributed by atoms with Gasteiger partial charge in [-0.1, -0.05) is 50.7 Å². The maximum absolute atomic E-state index is 14.1. The number of amides is 2. The zero-order chi connectivity index (χ0) is 29.5. The summed E-state index contributed by atoms with van der Waals surface area (Å²) in [6.07, 6.45) is 9.76. The predicted molar refractivity (Wildman–Crippen MR) is 154 cm³/mol. The second-order valence-electron chi connectivity index (χ2n) is 11.1. The SMILES string of the molecule is COc1ccc(-c2nnn(CC(=O)N(C3CCCCC3)[C@@H](C(=O)NC3CCCCC3)c3ccc(F)cc3)n2)cc1OC. The van der Waals surface area contributed by atoms with Gasteiger partial charge in [-0.05, 0) is 66.8 Å². The van der Waals surface area contributed by atoms with Gasteiger partial charge in [0.25, 0.3) is 0 Å². The number of methoxy groups -OCH3 is 2. The van der Waals surface area contributed by atoms with Crippen LogP contribution >= 0.6 is 0 Å². The first kappa shape index (κ1) is 29.5. The topological polar surface area (TPSA) is 111 Å². The number of carbonyl (C=O) groups excluding carboxylic acids is 2. The summed E-state index contributed by atoms with van der Waals surface area (Å²) >= 11 is 0. The van der Waals surface area contributed by atoms with Gasteiger partial charge in [0.1, 0.15) is 18.4 Å². The Hall–Kier alpha value is -4.02. The van der Waals surface area contributed by atoms with Crippen molar-refractivity contribution < 1.29 is 23.5 Å². The fourth-order valence-corrected chi connectivity index (χ4v) is 6.13. The van der Waals surface area contributed by atoms with E-state index in [9.17, 15) is 14.0 Å². The molecule has 2 fully saturated rings. The number of ether oxygens (including phenoxy) is 2. The Morgan fingerprint density at radius 1 is 0.952 bits per heavy atom. The predicted octanol–water partition coefficient (Wildman–Crippen LogP) is 4.85. The van der Waals surface area contributed by atoms with E-state index in [1.165, 1.54) is 16.9 Å². The molecule has 2 aromatic carbocycles. The minimum atomic E-state index is -0.892. The molecule has 5 rings (SSSR count). The van der Waals surface area contributed by atoms with Crippen LogP contribution in [0.15, 0.2) is 42.5 Å². The third-order valence-electron chi connectivity index (χ3n) is 8.29. The van der Waals surface area contributed by atoms with E-state index in [4.69, 9.17) is 9.47 Å². The first-order valence-electron chi connectivity index (χ1n) is 14.8. The van der Waals surface area contributed by atoms with Crippen molar-refractivity contribution >= 4 is 11.8 Å². The quantitative estimate of drug-likeness (QED) is 0.366. The molecule has 42 heavy (non-hydrogen) atoms. The molecule has 11 heteroatoms. The lowest BCUT2D eigenvalue weighted by Gasteiger charge is -2.40. The van der Waals surface area contributed by atoms with Crippen LogP contribution in [0.5, 0.6) is 11.5 Å². The van der Waals surface area contributed by atoms with Gasteiger partial charge in [-0.15, -0.1) is 10.2 Å². The summed E-state index contributed by atoms with van der Waals surface area (Å²) in [4.78, 5) is 31.0. The van der Waals surface area contributed by atoms with Crippen LogP contribution in [0, 0.1) is 5.82 Å². The van der Waals surface area contributed by atoms with Gasteiger partial charge in [0.2, 0.25) is 17.6 Å². The van der Waals surface area contributed by atoms with Gasteiger partial charge >= 0.3 is 0 Å². The Morgan fingerprint density at radius 2 is 1.62 bits per heavy atom. The van der Waals surface area contributed by atoms with Crippen molar-refractivity contribution in [3.05, 3.63) is 53.8 Å². The van der Waals surface area contributed by atoms with Crippen LogP contribution in [-0.4, -0.2) is 63.2 Å². The largest absolute Gasteiger partial charge is 0.493 e. The first-order chi connectivity index (χ1) is 20.5. The molecule has 0 saturated heterocycles. The van der Waals surface area contributed by atoms with Crippen LogP contribution in [0.1, 0.15) is 75.8 Å². The minimum Gasteiger partial charge on any atom is -0.493 e. The van der Waals surface area contributed by atoms with Crippen molar-refractivity contribution in [3.8, 4) is 22.9 Å². The average molecular weight is 579 g/mol. The normalized spacial score (nSPS) is 16.9. The number of rotatable bonds is 10. The molecule has 0 radical (unpaired) electrons. The molecular formula is C31H39FN6O4. The van der Waals surface area contributed by atoms with Crippen LogP contribution in [0.3, 0.4) is 0 Å². The molecule has 1 atom stereocenters. The fraction of sp³-hybridized carbons (Fsp3) is 0.516. The number of nitrogens with one attached hydrogen (secondary N) is 1. The van der Waals surface area contributed by atoms with E-state index in [0.29, 0.717) is 28.5 Å². The summed E-state index contributed by atoms with van der Waals surface area (Å²) in [5.74, 6) is 0.520. The third-order valence-corrected chi connectivity index (χ3v) is 8.29. The molecule has 2 saturated carbocycles. The standard InChI is InChI=1S/C31H39FN6O4/c1-41-26-18-15-22(19-27(26)42-2)30-34-36-37(35-30)20-28(39)38(25-11-7-4-8-12-25)29(21-13-16-23(32)17-14-21)31(40)33-24-9-5-3-6-10-24/h13-19,24-25,29H,3-12,20H2,1-2H3,(H,33,40)/t29-/m1/s1. The summed E-state index contributed by atoms with van der Waals surface area (Å²) in [5.41, 5.74) is 1.24. The smallest absolute Gasteiger partial charge is 0.247 e. The van der Waals surface area contributed by atoms with E-state index in [1.54, 1.807) is 49.5 Å². The highest BCUT2D eigenvalue weighted by Crippen LogP contribution is 2.33. The Labute approximate surface area is 245 Å². The van der Waals surface area contributed by atoms with Crippen molar-refractivity contribution in [1.82, 2.24) is 30.4 Å². The summed E-state index contributed by atoms with van der Waals surface area (Å²) < 4.78 is 24.6. The molecule has 224 valence electrons. The van der Waals surface area contributed by atoms with Gasteiger partial charge in [-0.3, -0.25) is 9.59 Å². The fourth-order valence-electron chi connectivity index (χ4n) is 6.13. The van der Waals surface area contributed by atoms with E-state index in [2.05, 4.69) is 20.7 Å². The molecular weight excluding hydrogens is 539 g/mol. The van der Waals surface area contributed by atoms with Crippen LogP contribution < -0.4 is 14.8 Å². The zero-order valence-electron chi connectivity index (χ0n) is 24.3. The molecule has 1 aromatic heterocycles. The minimum absolute atomic E-state index is 0.0681. The third kappa shape index (κ3) is 6.88. The maximum atomic E-state index is 14.1. The Balaban J connectivity index is 1.43. The lowest BCUT2D eigenvalue weighted by Crippen LogP contribution is -2.52. The Kier molecular flexibility index (Phi) is 9.66. The van der Waals surface area contributed by atoms with Crippen molar-refractivity contribution in [3.63, 3.8) is 0 Å². The average Bonchev–Trinajstić information content (AvgIpc) is 3.49. The summed E-state index contributed by atoms with van der Waals surface area (Å²) in [5, 5.41) is 16.0. The second-order valence-corrected chi connectivity index (χ2v) is 11.1. The molecule has 0 bridgehead atoms. The Morgan fingerprint density at radius 3 is 2.29 bits per heavy atom. The van der Waals surface area contributed by atoms with Crippen molar-refractivity contribution in [2.24, 2.45) is 0 Å². The highest BCUT2D eigenvalue weighted by molar-refractivity contribution is 5.89. The number of halogens is 1. The molecule has 3 aromatic rings. The second kappa shape index (κ2) is 13.8. The molecule has 0 unspecified atom stereocenters. The van der Waals surface area contributed by atoms with Crippen molar-refractivity contribution in [2.45, 2.75) is 88.9 Å². The number of nitrogens with zero attached hydrogens (tertiary/aromatic N) is 5. The number of tetrazole rings is 1. The lowest BCUT2D eigenvalue weighted by molar-refractivity contribution is -0.145. The van der Waals surface area contributed by atoms with Gasteiger partial charge in [0.15, 0.2) is 11.5 Å². The van der Waals surface area contributed by atoms with Crippen LogP contribution in [0.25, 0.3) is 11.4 Å². The van der Waals surface area contributed by atoms with Gasteiger partial charge in [0.05, 0.1) is 14.2 Å². The monoisotopic (exact) mass is 578 g/mol. The summed E-state index contributed by atoms with van der Waals surface area (Å²) in [6.45, 7) is -0.189. The van der Waals surface area contributed by atoms with Crippen LogP contribution in [0.4, 0.5) is 4.39 Å². The summed E-state index contributed by atoms with van der Waals surface area (Å²) in [6, 6.07) is 10.2. The molecule has 1 N–H and O–H groups in total. The van der Waals surface area contributed by atoms with Gasteiger partial charge in [0, 0.05) is 17.6 Å². The molecule has 0 aliphatic heterocycles. The zero-order valence-corrected chi connectivity index (χ0v) is 24.3. The molecule has 0 spiro atoms. The number of benzene rings is 2. The van der Waals surface area contributed by atoms with Crippen LogP contribution in [-0.2, 0) is 16.1 Å². The van der Waals surface area contributed by atoms with E-state index >= 15 is 0 Å². The van der Waals surface area contributed by atoms with E-state index in [-0.39, 0.29) is 30.4 Å². The number of carbonyl (C=O) groups is 2. The summed E-state index contributed by atoms with van der Waals surface area (Å²) in [7, 11) is 3.11.